The maximum Gasteiger partial charge on any atom is 0.317 e. The lowest BCUT2D eigenvalue weighted by Gasteiger charge is -2.35. The maximum absolute atomic E-state index is 13.0. The minimum atomic E-state index is -0.966. The van der Waals surface area contributed by atoms with Crippen LogP contribution in [0.2, 0.25) is 0 Å². The number of carbonyl (C=O) groups is 2. The van der Waals surface area contributed by atoms with E-state index in [4.69, 9.17) is 4.52 Å². The van der Waals surface area contributed by atoms with Crippen molar-refractivity contribution < 1.29 is 19.2 Å². The predicted molar refractivity (Wildman–Crippen MR) is 131 cm³/mol. The number of aliphatic carboxylic acids is 1. The Morgan fingerprint density at radius 3 is 2.53 bits per heavy atom. The van der Waals surface area contributed by atoms with E-state index in [1.165, 1.54) is 6.42 Å². The number of hydrogen-bond acceptors (Lipinski definition) is 5. The summed E-state index contributed by atoms with van der Waals surface area (Å²) in [6.45, 7) is 8.25. The number of anilines is 1. The van der Waals surface area contributed by atoms with Gasteiger partial charge in [0, 0.05) is 23.6 Å². The summed E-state index contributed by atoms with van der Waals surface area (Å²) in [5.41, 5.74) is 4.72. The van der Waals surface area contributed by atoms with Crippen molar-refractivity contribution in [2.45, 2.75) is 84.1 Å². The molecule has 34 heavy (non-hydrogen) atoms. The lowest BCUT2D eigenvalue weighted by atomic mass is 9.69. The second-order valence-corrected chi connectivity index (χ2v) is 10.7. The molecule has 2 fully saturated rings. The number of hydrogen-bond donors (Lipinski definition) is 3. The highest BCUT2D eigenvalue weighted by molar-refractivity contribution is 5.92. The topological polar surface area (TPSA) is 104 Å². The number of carbonyl (C=O) groups excluding carboxylic acids is 1. The van der Waals surface area contributed by atoms with Gasteiger partial charge >= 0.3 is 5.97 Å². The average molecular weight is 468 g/mol. The Labute approximate surface area is 201 Å². The quantitative estimate of drug-likeness (QED) is 0.406. The molecule has 7 heteroatoms. The van der Waals surface area contributed by atoms with Gasteiger partial charge in [0.1, 0.15) is 11.5 Å². The number of rotatable bonds is 11. The standard InChI is InChI=1S/C27H37N3O4/c1-15(2)9-18-11-20(12-18)27-25(19-6-7-19)26(30-34-27)22(28-14-24(32)33)13-23(31)29-21-8-5-16(3)10-17(21)4/h5,8,10,15,18-20,22,28H,6-7,9,11-14H2,1-4H3,(H,29,31)(H,32,33). The van der Waals surface area contributed by atoms with Crippen molar-refractivity contribution in [3.63, 3.8) is 0 Å². The fourth-order valence-corrected chi connectivity index (χ4v) is 5.28. The largest absolute Gasteiger partial charge is 0.480 e. The van der Waals surface area contributed by atoms with Crippen molar-refractivity contribution >= 4 is 17.6 Å². The second kappa shape index (κ2) is 10.3. The number of aryl methyl sites for hydroxylation is 2. The monoisotopic (exact) mass is 467 g/mol. The van der Waals surface area contributed by atoms with Crippen molar-refractivity contribution in [1.29, 1.82) is 0 Å². The number of carboxylic acid groups (broad SMARTS) is 1. The van der Waals surface area contributed by atoms with E-state index in [0.29, 0.717) is 23.4 Å². The molecule has 1 amide bonds. The molecule has 4 rings (SSSR count). The Morgan fingerprint density at radius 2 is 1.91 bits per heavy atom. The van der Waals surface area contributed by atoms with E-state index in [1.807, 2.05) is 32.0 Å². The van der Waals surface area contributed by atoms with Gasteiger partial charge in [0.2, 0.25) is 5.91 Å². The first-order chi connectivity index (χ1) is 16.2. The zero-order valence-corrected chi connectivity index (χ0v) is 20.7. The van der Waals surface area contributed by atoms with E-state index in [-0.39, 0.29) is 18.9 Å². The molecule has 0 radical (unpaired) electrons. The highest BCUT2D eigenvalue weighted by Crippen LogP contribution is 2.52. The molecule has 0 spiro atoms. The predicted octanol–water partition coefficient (Wildman–Crippen LogP) is 5.45. The molecular formula is C27H37N3O4. The third-order valence-electron chi connectivity index (χ3n) is 7.06. The molecule has 7 nitrogen and oxygen atoms in total. The molecule has 1 atom stereocenters. The Kier molecular flexibility index (Phi) is 7.41. The Morgan fingerprint density at radius 1 is 1.18 bits per heavy atom. The van der Waals surface area contributed by atoms with E-state index < -0.39 is 12.0 Å². The molecule has 0 bridgehead atoms. The summed E-state index contributed by atoms with van der Waals surface area (Å²) in [6, 6.07) is 5.37. The highest BCUT2D eigenvalue weighted by atomic mass is 16.5. The fourth-order valence-electron chi connectivity index (χ4n) is 5.28. The molecule has 2 saturated carbocycles. The van der Waals surface area contributed by atoms with Crippen LogP contribution in [-0.4, -0.2) is 28.7 Å². The second-order valence-electron chi connectivity index (χ2n) is 10.7. The van der Waals surface area contributed by atoms with E-state index in [1.54, 1.807) is 0 Å². The van der Waals surface area contributed by atoms with Crippen LogP contribution in [0, 0.1) is 25.7 Å². The summed E-state index contributed by atoms with van der Waals surface area (Å²) < 4.78 is 5.91. The van der Waals surface area contributed by atoms with Crippen LogP contribution in [0.3, 0.4) is 0 Å². The van der Waals surface area contributed by atoms with Gasteiger partial charge in [-0.1, -0.05) is 36.7 Å². The Hall–Kier alpha value is -2.67. The van der Waals surface area contributed by atoms with Crippen LogP contribution in [0.15, 0.2) is 22.7 Å². The van der Waals surface area contributed by atoms with Crippen molar-refractivity contribution in [1.82, 2.24) is 10.5 Å². The normalized spacial score (nSPS) is 20.7. The van der Waals surface area contributed by atoms with Gasteiger partial charge in [-0.15, -0.1) is 0 Å². The van der Waals surface area contributed by atoms with Gasteiger partial charge in [0.25, 0.3) is 0 Å². The number of nitrogens with one attached hydrogen (secondary N) is 2. The van der Waals surface area contributed by atoms with Crippen molar-refractivity contribution in [2.75, 3.05) is 11.9 Å². The summed E-state index contributed by atoms with van der Waals surface area (Å²) in [5.74, 6) is 2.03. The third-order valence-corrected chi connectivity index (χ3v) is 7.06. The van der Waals surface area contributed by atoms with Gasteiger partial charge in [-0.05, 0) is 75.3 Å². The molecule has 1 heterocycles. The van der Waals surface area contributed by atoms with Gasteiger partial charge in [-0.3, -0.25) is 14.9 Å². The molecule has 0 aliphatic heterocycles. The summed E-state index contributed by atoms with van der Waals surface area (Å²) in [6.07, 6.45) is 5.73. The molecular weight excluding hydrogens is 430 g/mol. The van der Waals surface area contributed by atoms with Gasteiger partial charge in [-0.2, -0.15) is 0 Å². The SMILES string of the molecule is Cc1ccc(NC(=O)CC(NCC(=O)O)c2noc(C3CC(CC(C)C)C3)c2C2CC2)c(C)c1. The molecule has 1 aromatic heterocycles. The van der Waals surface area contributed by atoms with E-state index in [2.05, 4.69) is 29.6 Å². The van der Waals surface area contributed by atoms with Crippen LogP contribution < -0.4 is 10.6 Å². The fraction of sp³-hybridized carbons (Fsp3) is 0.593. The number of benzene rings is 1. The zero-order chi connectivity index (χ0) is 24.4. The zero-order valence-electron chi connectivity index (χ0n) is 20.7. The Balaban J connectivity index is 1.52. The summed E-state index contributed by atoms with van der Waals surface area (Å²) in [4.78, 5) is 24.3. The molecule has 2 aromatic rings. The summed E-state index contributed by atoms with van der Waals surface area (Å²) in [5, 5.41) is 19.7. The smallest absolute Gasteiger partial charge is 0.317 e. The summed E-state index contributed by atoms with van der Waals surface area (Å²) in [7, 11) is 0. The van der Waals surface area contributed by atoms with Gasteiger partial charge < -0.3 is 14.9 Å². The number of nitrogens with zero attached hydrogens (tertiary/aromatic N) is 1. The van der Waals surface area contributed by atoms with Gasteiger partial charge in [-0.25, -0.2) is 0 Å². The molecule has 2 aliphatic carbocycles. The Bertz CT molecular complexity index is 1030. The van der Waals surface area contributed by atoms with Crippen LogP contribution in [-0.2, 0) is 9.59 Å². The van der Waals surface area contributed by atoms with Crippen LogP contribution >= 0.6 is 0 Å². The lowest BCUT2D eigenvalue weighted by Crippen LogP contribution is -2.31. The lowest BCUT2D eigenvalue weighted by molar-refractivity contribution is -0.136. The first-order valence-corrected chi connectivity index (χ1v) is 12.5. The van der Waals surface area contributed by atoms with Crippen LogP contribution in [0.1, 0.15) is 98.4 Å². The molecule has 1 aromatic carbocycles. The third kappa shape index (κ3) is 5.87. The molecule has 3 N–H and O–H groups in total. The van der Waals surface area contributed by atoms with Crippen molar-refractivity contribution in [2.24, 2.45) is 11.8 Å². The van der Waals surface area contributed by atoms with E-state index in [9.17, 15) is 14.7 Å². The van der Waals surface area contributed by atoms with Crippen LogP contribution in [0.4, 0.5) is 5.69 Å². The average Bonchev–Trinajstić information content (AvgIpc) is 3.48. The molecule has 184 valence electrons. The molecule has 1 unspecified atom stereocenters. The van der Waals surface area contributed by atoms with Crippen molar-refractivity contribution in [3.8, 4) is 0 Å². The van der Waals surface area contributed by atoms with Crippen LogP contribution in [0.5, 0.6) is 0 Å². The van der Waals surface area contributed by atoms with E-state index in [0.717, 1.165) is 59.7 Å². The van der Waals surface area contributed by atoms with Gasteiger partial charge in [0.15, 0.2) is 0 Å². The number of aromatic nitrogens is 1. The minimum absolute atomic E-state index is 0.0902. The minimum Gasteiger partial charge on any atom is -0.480 e. The van der Waals surface area contributed by atoms with E-state index >= 15 is 0 Å². The number of carboxylic acids is 1. The van der Waals surface area contributed by atoms with Crippen molar-refractivity contribution in [3.05, 3.63) is 46.3 Å². The maximum atomic E-state index is 13.0. The van der Waals surface area contributed by atoms with Gasteiger partial charge in [0.05, 0.1) is 12.6 Å². The number of amides is 1. The van der Waals surface area contributed by atoms with Crippen LogP contribution in [0.25, 0.3) is 0 Å². The first kappa shape index (κ1) is 24.5. The highest BCUT2D eigenvalue weighted by Gasteiger charge is 2.41. The molecule has 0 saturated heterocycles. The molecule has 2 aliphatic rings. The summed E-state index contributed by atoms with van der Waals surface area (Å²) >= 11 is 0. The first-order valence-electron chi connectivity index (χ1n) is 12.5.